The van der Waals surface area contributed by atoms with Crippen molar-refractivity contribution >= 4 is 0 Å². The summed E-state index contributed by atoms with van der Waals surface area (Å²) < 4.78 is 17.5. The van der Waals surface area contributed by atoms with Gasteiger partial charge in [0.1, 0.15) is 0 Å². The first-order valence-electron chi connectivity index (χ1n) is 9.90. The molecule has 1 rings (SSSR count). The molecule has 0 amide bonds. The molecule has 0 bridgehead atoms. The molecule has 0 saturated carbocycles. The Kier molecular flexibility index (Phi) is 11.7. The molecule has 0 saturated heterocycles. The molecule has 1 aromatic carbocycles. The minimum absolute atomic E-state index is 0.733. The summed E-state index contributed by atoms with van der Waals surface area (Å²) >= 11 is 0. The number of allylic oxidation sites excluding steroid dienone is 1. The van der Waals surface area contributed by atoms with E-state index in [1.165, 1.54) is 5.56 Å². The molecule has 0 aliphatic carbocycles. The molecule has 3 heteroatoms. The predicted octanol–water partition coefficient (Wildman–Crippen LogP) is 6.31. The molecule has 1 aromatic rings. The Morgan fingerprint density at radius 2 is 1.44 bits per heavy atom. The SMILES string of the molecule is C=C(CCc1ccc(OCCCC)c(OCCCC)c1)OCCCC. The lowest BCUT2D eigenvalue weighted by molar-refractivity contribution is 0.199. The normalized spacial score (nSPS) is 10.5. The Morgan fingerprint density at radius 3 is 2.08 bits per heavy atom. The van der Waals surface area contributed by atoms with Gasteiger partial charge in [-0.05, 0) is 43.4 Å². The maximum Gasteiger partial charge on any atom is 0.161 e. The van der Waals surface area contributed by atoms with Crippen LogP contribution in [0.4, 0.5) is 0 Å². The highest BCUT2D eigenvalue weighted by atomic mass is 16.5. The molecule has 0 atom stereocenters. The van der Waals surface area contributed by atoms with Crippen LogP contribution in [0.1, 0.15) is 71.3 Å². The van der Waals surface area contributed by atoms with Crippen LogP contribution in [0.25, 0.3) is 0 Å². The average Bonchev–Trinajstić information content (AvgIpc) is 2.62. The summed E-state index contributed by atoms with van der Waals surface area (Å²) in [5.74, 6) is 2.58. The second-order valence-electron chi connectivity index (χ2n) is 6.43. The zero-order chi connectivity index (χ0) is 18.3. The van der Waals surface area contributed by atoms with Crippen molar-refractivity contribution in [1.82, 2.24) is 0 Å². The van der Waals surface area contributed by atoms with E-state index < -0.39 is 0 Å². The lowest BCUT2D eigenvalue weighted by atomic mass is 10.1. The van der Waals surface area contributed by atoms with E-state index in [2.05, 4.69) is 39.5 Å². The summed E-state index contributed by atoms with van der Waals surface area (Å²) in [7, 11) is 0. The third kappa shape index (κ3) is 9.42. The summed E-state index contributed by atoms with van der Waals surface area (Å²) in [5, 5.41) is 0. The van der Waals surface area contributed by atoms with Gasteiger partial charge in [0.05, 0.1) is 25.6 Å². The van der Waals surface area contributed by atoms with Crippen LogP contribution in [-0.2, 0) is 11.2 Å². The van der Waals surface area contributed by atoms with E-state index in [1.807, 2.05) is 6.07 Å². The summed E-state index contributed by atoms with van der Waals surface area (Å²) in [6.45, 7) is 12.8. The van der Waals surface area contributed by atoms with Crippen molar-refractivity contribution in [1.29, 1.82) is 0 Å². The lowest BCUT2D eigenvalue weighted by Crippen LogP contribution is -2.03. The van der Waals surface area contributed by atoms with Crippen LogP contribution in [0.2, 0.25) is 0 Å². The van der Waals surface area contributed by atoms with E-state index >= 15 is 0 Å². The first-order chi connectivity index (χ1) is 12.2. The maximum absolute atomic E-state index is 5.96. The lowest BCUT2D eigenvalue weighted by Gasteiger charge is -2.14. The van der Waals surface area contributed by atoms with Crippen molar-refractivity contribution in [2.45, 2.75) is 72.1 Å². The summed E-state index contributed by atoms with van der Waals surface area (Å²) in [5.41, 5.74) is 1.23. The van der Waals surface area contributed by atoms with Crippen molar-refractivity contribution < 1.29 is 14.2 Å². The Morgan fingerprint density at radius 1 is 0.840 bits per heavy atom. The van der Waals surface area contributed by atoms with Crippen molar-refractivity contribution in [2.75, 3.05) is 19.8 Å². The highest BCUT2D eigenvalue weighted by molar-refractivity contribution is 5.43. The van der Waals surface area contributed by atoms with E-state index in [0.29, 0.717) is 0 Å². The smallest absolute Gasteiger partial charge is 0.161 e. The van der Waals surface area contributed by atoms with Gasteiger partial charge in [-0.2, -0.15) is 0 Å². The number of aryl methyl sites for hydroxylation is 1. The van der Waals surface area contributed by atoms with Crippen LogP contribution in [0, 0.1) is 0 Å². The minimum atomic E-state index is 0.733. The number of unbranched alkanes of at least 4 members (excludes halogenated alkanes) is 3. The van der Waals surface area contributed by atoms with Crippen LogP contribution in [0.5, 0.6) is 11.5 Å². The number of hydrogen-bond acceptors (Lipinski definition) is 3. The Balaban J connectivity index is 2.60. The number of hydrogen-bond donors (Lipinski definition) is 0. The van der Waals surface area contributed by atoms with Crippen molar-refractivity contribution in [3.8, 4) is 11.5 Å². The van der Waals surface area contributed by atoms with Gasteiger partial charge in [0.25, 0.3) is 0 Å². The van der Waals surface area contributed by atoms with Gasteiger partial charge >= 0.3 is 0 Å². The van der Waals surface area contributed by atoms with Crippen molar-refractivity contribution in [3.05, 3.63) is 36.1 Å². The Labute approximate surface area is 154 Å². The van der Waals surface area contributed by atoms with Gasteiger partial charge in [0, 0.05) is 6.42 Å². The van der Waals surface area contributed by atoms with Gasteiger partial charge in [-0.15, -0.1) is 0 Å². The second-order valence-corrected chi connectivity index (χ2v) is 6.43. The van der Waals surface area contributed by atoms with E-state index in [0.717, 1.165) is 88.4 Å². The topological polar surface area (TPSA) is 27.7 Å². The van der Waals surface area contributed by atoms with Crippen molar-refractivity contribution in [2.24, 2.45) is 0 Å². The summed E-state index contributed by atoms with van der Waals surface area (Å²) in [6, 6.07) is 6.26. The highest BCUT2D eigenvalue weighted by Gasteiger charge is 2.08. The van der Waals surface area contributed by atoms with Gasteiger partial charge in [0.15, 0.2) is 11.5 Å². The molecule has 0 spiro atoms. The molecule has 0 aromatic heterocycles. The van der Waals surface area contributed by atoms with Crippen LogP contribution >= 0.6 is 0 Å². The molecule has 0 fully saturated rings. The molecule has 0 N–H and O–H groups in total. The molecule has 142 valence electrons. The first-order valence-corrected chi connectivity index (χ1v) is 9.90. The molecule has 0 radical (unpaired) electrons. The summed E-state index contributed by atoms with van der Waals surface area (Å²) in [6.07, 6.45) is 8.35. The first kappa shape index (κ1) is 21.4. The zero-order valence-corrected chi connectivity index (χ0v) is 16.4. The van der Waals surface area contributed by atoms with Crippen LogP contribution in [-0.4, -0.2) is 19.8 Å². The second kappa shape index (κ2) is 13.6. The largest absolute Gasteiger partial charge is 0.499 e. The maximum atomic E-state index is 5.96. The molecular formula is C22H36O3. The van der Waals surface area contributed by atoms with E-state index in [4.69, 9.17) is 14.2 Å². The van der Waals surface area contributed by atoms with E-state index in [1.54, 1.807) is 0 Å². The van der Waals surface area contributed by atoms with Crippen LogP contribution in [0.15, 0.2) is 30.5 Å². The van der Waals surface area contributed by atoms with Gasteiger partial charge in [-0.3, -0.25) is 0 Å². The van der Waals surface area contributed by atoms with E-state index in [9.17, 15) is 0 Å². The zero-order valence-electron chi connectivity index (χ0n) is 16.4. The highest BCUT2D eigenvalue weighted by Crippen LogP contribution is 2.30. The van der Waals surface area contributed by atoms with Gasteiger partial charge in [-0.1, -0.05) is 52.7 Å². The minimum Gasteiger partial charge on any atom is -0.499 e. The standard InChI is InChI=1S/C22H36O3/c1-5-8-15-23-19(4)11-12-20-13-14-21(24-16-9-6-2)22(18-20)25-17-10-7-3/h13-14,18H,4-12,15-17H2,1-3H3. The fourth-order valence-electron chi connectivity index (χ4n) is 2.31. The molecule has 0 aliphatic rings. The molecule has 3 nitrogen and oxygen atoms in total. The van der Waals surface area contributed by atoms with Gasteiger partial charge in [-0.25, -0.2) is 0 Å². The van der Waals surface area contributed by atoms with Gasteiger partial charge < -0.3 is 14.2 Å². The molecular weight excluding hydrogens is 312 g/mol. The Hall–Kier alpha value is -1.64. The molecule has 0 unspecified atom stereocenters. The summed E-state index contributed by atoms with van der Waals surface area (Å²) in [4.78, 5) is 0. The average molecular weight is 349 g/mol. The fraction of sp³-hybridized carbons (Fsp3) is 0.636. The number of ether oxygens (including phenoxy) is 3. The van der Waals surface area contributed by atoms with Crippen LogP contribution in [0.3, 0.4) is 0 Å². The monoisotopic (exact) mass is 348 g/mol. The van der Waals surface area contributed by atoms with Crippen molar-refractivity contribution in [3.63, 3.8) is 0 Å². The fourth-order valence-corrected chi connectivity index (χ4v) is 2.31. The third-order valence-corrected chi connectivity index (χ3v) is 4.02. The molecule has 0 heterocycles. The molecule has 0 aliphatic heterocycles. The predicted molar refractivity (Wildman–Crippen MR) is 106 cm³/mol. The van der Waals surface area contributed by atoms with E-state index in [-0.39, 0.29) is 0 Å². The van der Waals surface area contributed by atoms with Crippen LogP contribution < -0.4 is 9.47 Å². The molecule has 25 heavy (non-hydrogen) atoms. The quantitative estimate of drug-likeness (QED) is 0.275. The number of benzene rings is 1. The number of rotatable bonds is 15. The Bertz CT molecular complexity index is 482. The van der Waals surface area contributed by atoms with Gasteiger partial charge in [0.2, 0.25) is 0 Å². The third-order valence-electron chi connectivity index (χ3n) is 4.02.